The molecule has 1 aromatic carbocycles. The number of nitrogens with zero attached hydrogens (tertiary/aromatic N) is 1. The largest absolute Gasteiger partial charge is 0.271 e. The third-order valence-corrected chi connectivity index (χ3v) is 5.25. The maximum atomic E-state index is 11.9. The minimum absolute atomic E-state index is 0.218. The van der Waals surface area contributed by atoms with Crippen molar-refractivity contribution in [1.29, 1.82) is 0 Å². The molecule has 0 unspecified atom stereocenters. The fraction of sp³-hybridized carbons (Fsp3) is 0.412. The van der Waals surface area contributed by atoms with Gasteiger partial charge in [0.15, 0.2) is 0 Å². The number of amides is 1. The van der Waals surface area contributed by atoms with Gasteiger partial charge in [-0.1, -0.05) is 31.5 Å². The van der Waals surface area contributed by atoms with Crippen LogP contribution in [0.4, 0.5) is 0 Å². The highest BCUT2D eigenvalue weighted by molar-refractivity contribution is 6.30. The lowest BCUT2D eigenvalue weighted by Gasteiger charge is -2.55. The molecule has 1 amide bonds. The quantitative estimate of drug-likeness (QED) is 0.664. The molecule has 21 heavy (non-hydrogen) atoms. The Morgan fingerprint density at radius 3 is 2.71 bits per heavy atom. The molecule has 110 valence electrons. The average molecular weight is 303 g/mol. The predicted octanol–water partition coefficient (Wildman–Crippen LogP) is 4.05. The first-order valence-electron chi connectivity index (χ1n) is 7.27. The Hall–Kier alpha value is -1.61. The molecule has 0 radical (unpaired) electrons. The fourth-order valence-corrected chi connectivity index (χ4v) is 3.50. The smallest absolute Gasteiger partial charge is 0.267 e. The Morgan fingerprint density at radius 2 is 2.10 bits per heavy atom. The summed E-state index contributed by atoms with van der Waals surface area (Å²) in [5.74, 6) is 1.17. The maximum absolute atomic E-state index is 11.9. The summed E-state index contributed by atoms with van der Waals surface area (Å²) in [6.45, 7) is 4.64. The second-order valence-electron chi connectivity index (χ2n) is 6.45. The normalized spacial score (nSPS) is 26.1. The molecule has 1 aromatic rings. The third-order valence-electron chi connectivity index (χ3n) is 5.00. The Labute approximate surface area is 130 Å². The monoisotopic (exact) mass is 302 g/mol. The molecule has 3 aliphatic rings. The second kappa shape index (κ2) is 5.30. The molecule has 1 fully saturated rings. The molecule has 3 aliphatic carbocycles. The Kier molecular flexibility index (Phi) is 3.62. The van der Waals surface area contributed by atoms with Crippen molar-refractivity contribution in [3.8, 4) is 0 Å². The summed E-state index contributed by atoms with van der Waals surface area (Å²) in [7, 11) is 0. The van der Waals surface area contributed by atoms with Crippen LogP contribution in [0.3, 0.4) is 0 Å². The van der Waals surface area contributed by atoms with Crippen LogP contribution in [0.1, 0.15) is 37.0 Å². The number of fused-ring (bicyclic) bond motifs is 1. The Bertz CT molecular complexity index is 616. The molecule has 1 saturated carbocycles. The Morgan fingerprint density at radius 1 is 1.38 bits per heavy atom. The number of carbonyl (C=O) groups is 1. The number of hydrogen-bond donors (Lipinski definition) is 1. The summed E-state index contributed by atoms with van der Waals surface area (Å²) in [5.41, 5.74) is 4.75. The molecule has 1 N–H and O–H groups in total. The maximum Gasteiger partial charge on any atom is 0.271 e. The minimum atomic E-state index is -0.218. The Balaban J connectivity index is 1.61. The van der Waals surface area contributed by atoms with E-state index in [1.54, 1.807) is 30.5 Å². The van der Waals surface area contributed by atoms with Gasteiger partial charge in [-0.05, 0) is 59.9 Å². The first-order valence-corrected chi connectivity index (χ1v) is 7.65. The van der Waals surface area contributed by atoms with E-state index in [0.717, 1.165) is 12.3 Å². The van der Waals surface area contributed by atoms with Crippen molar-refractivity contribution < 1.29 is 4.79 Å². The minimum Gasteiger partial charge on any atom is -0.267 e. The van der Waals surface area contributed by atoms with Gasteiger partial charge in [0.25, 0.3) is 5.91 Å². The van der Waals surface area contributed by atoms with Crippen molar-refractivity contribution >= 4 is 23.7 Å². The van der Waals surface area contributed by atoms with Gasteiger partial charge in [0.05, 0.1) is 6.21 Å². The SMILES string of the molecule is CC1(C)[C@@H]2CC=C(/C=N\NC(=O)c3ccc(Cl)cc3)[C@@H]1C2. The van der Waals surface area contributed by atoms with Crippen LogP contribution >= 0.6 is 11.6 Å². The van der Waals surface area contributed by atoms with Gasteiger partial charge in [0.1, 0.15) is 0 Å². The number of hydrazone groups is 1. The third kappa shape index (κ3) is 2.62. The van der Waals surface area contributed by atoms with Gasteiger partial charge in [0, 0.05) is 10.6 Å². The van der Waals surface area contributed by atoms with Crippen LogP contribution in [0, 0.1) is 17.3 Å². The van der Waals surface area contributed by atoms with Crippen LogP contribution in [0.25, 0.3) is 0 Å². The van der Waals surface area contributed by atoms with Gasteiger partial charge in [-0.25, -0.2) is 5.43 Å². The molecule has 0 spiro atoms. The van der Waals surface area contributed by atoms with Gasteiger partial charge in [-0.3, -0.25) is 4.79 Å². The lowest BCUT2D eigenvalue weighted by molar-refractivity contribution is -0.00126. The highest BCUT2D eigenvalue weighted by Crippen LogP contribution is 2.58. The van der Waals surface area contributed by atoms with E-state index in [1.807, 2.05) is 0 Å². The van der Waals surface area contributed by atoms with Crippen molar-refractivity contribution in [3.05, 3.63) is 46.5 Å². The molecular weight excluding hydrogens is 284 g/mol. The molecule has 4 rings (SSSR count). The summed E-state index contributed by atoms with van der Waals surface area (Å²) < 4.78 is 0. The number of benzene rings is 1. The number of nitrogens with one attached hydrogen (secondary N) is 1. The first kappa shape index (κ1) is 14.3. The summed E-state index contributed by atoms with van der Waals surface area (Å²) in [5, 5.41) is 4.72. The van der Waals surface area contributed by atoms with Gasteiger partial charge in [-0.2, -0.15) is 5.10 Å². The highest BCUT2D eigenvalue weighted by Gasteiger charge is 2.50. The van der Waals surface area contributed by atoms with E-state index in [0.29, 0.717) is 21.9 Å². The fourth-order valence-electron chi connectivity index (χ4n) is 3.38. The summed E-state index contributed by atoms with van der Waals surface area (Å²) in [6, 6.07) is 6.77. The molecule has 4 heteroatoms. The van der Waals surface area contributed by atoms with E-state index in [1.165, 1.54) is 12.0 Å². The van der Waals surface area contributed by atoms with Crippen LogP contribution in [-0.2, 0) is 0 Å². The first-order chi connectivity index (χ1) is 9.98. The molecule has 0 saturated heterocycles. The number of allylic oxidation sites excluding steroid dienone is 2. The number of hydrogen-bond acceptors (Lipinski definition) is 2. The molecule has 3 nitrogen and oxygen atoms in total. The number of rotatable bonds is 3. The van der Waals surface area contributed by atoms with Crippen LogP contribution in [0.2, 0.25) is 5.02 Å². The van der Waals surface area contributed by atoms with Gasteiger partial charge < -0.3 is 0 Å². The highest BCUT2D eigenvalue weighted by atomic mass is 35.5. The van der Waals surface area contributed by atoms with E-state index >= 15 is 0 Å². The zero-order valence-electron chi connectivity index (χ0n) is 12.3. The van der Waals surface area contributed by atoms with E-state index in [2.05, 4.69) is 30.5 Å². The van der Waals surface area contributed by atoms with E-state index in [9.17, 15) is 4.79 Å². The standard InChI is InChI=1S/C17H19ClN2O/c1-17(2)13-6-3-12(15(17)9-13)10-19-20-16(21)11-4-7-14(18)8-5-11/h3-5,7-8,10,13,15H,6,9H2,1-2H3,(H,20,21)/b19-10-/t13-,15+/m1/s1. The molecule has 0 heterocycles. The second-order valence-corrected chi connectivity index (χ2v) is 6.89. The van der Waals surface area contributed by atoms with E-state index in [-0.39, 0.29) is 5.91 Å². The number of halogens is 1. The molecule has 0 aromatic heterocycles. The molecule has 0 aliphatic heterocycles. The lowest BCUT2D eigenvalue weighted by Crippen LogP contribution is -2.48. The number of carbonyl (C=O) groups excluding carboxylic acids is 1. The summed E-state index contributed by atoms with van der Waals surface area (Å²) in [6.07, 6.45) is 6.42. The molecule has 2 atom stereocenters. The average Bonchev–Trinajstić information content (AvgIpc) is 2.47. The summed E-state index contributed by atoms with van der Waals surface area (Å²) >= 11 is 5.80. The van der Waals surface area contributed by atoms with Crippen molar-refractivity contribution in [1.82, 2.24) is 5.43 Å². The van der Waals surface area contributed by atoms with Crippen LogP contribution in [0.5, 0.6) is 0 Å². The predicted molar refractivity (Wildman–Crippen MR) is 85.5 cm³/mol. The molecule has 2 bridgehead atoms. The van der Waals surface area contributed by atoms with E-state index < -0.39 is 0 Å². The topological polar surface area (TPSA) is 41.5 Å². The molecular formula is C17H19ClN2O. The van der Waals surface area contributed by atoms with Crippen molar-refractivity contribution in [2.75, 3.05) is 0 Å². The lowest BCUT2D eigenvalue weighted by atomic mass is 9.49. The van der Waals surface area contributed by atoms with Gasteiger partial charge in [-0.15, -0.1) is 0 Å². The van der Waals surface area contributed by atoms with Crippen molar-refractivity contribution in [2.45, 2.75) is 26.7 Å². The van der Waals surface area contributed by atoms with Crippen LogP contribution in [0.15, 0.2) is 41.0 Å². The zero-order valence-corrected chi connectivity index (χ0v) is 13.0. The van der Waals surface area contributed by atoms with Crippen LogP contribution < -0.4 is 5.43 Å². The van der Waals surface area contributed by atoms with Crippen molar-refractivity contribution in [3.63, 3.8) is 0 Å². The van der Waals surface area contributed by atoms with Gasteiger partial charge >= 0.3 is 0 Å². The zero-order chi connectivity index (χ0) is 15.0. The van der Waals surface area contributed by atoms with Crippen molar-refractivity contribution in [2.24, 2.45) is 22.4 Å². The summed E-state index contributed by atoms with van der Waals surface area (Å²) in [4.78, 5) is 11.9. The van der Waals surface area contributed by atoms with E-state index in [4.69, 9.17) is 11.6 Å². The van der Waals surface area contributed by atoms with Gasteiger partial charge in [0.2, 0.25) is 0 Å². The van der Waals surface area contributed by atoms with Crippen LogP contribution in [-0.4, -0.2) is 12.1 Å².